The van der Waals surface area contributed by atoms with E-state index in [1.54, 1.807) is 0 Å². The van der Waals surface area contributed by atoms with Gasteiger partial charge in [-0.25, -0.2) is 7.71 Å². The van der Waals surface area contributed by atoms with Gasteiger partial charge in [0.2, 0.25) is 0 Å². The molecule has 8 heteroatoms. The fourth-order valence-corrected chi connectivity index (χ4v) is 0.825. The van der Waals surface area contributed by atoms with Gasteiger partial charge in [-0.05, 0) is 18.6 Å². The van der Waals surface area contributed by atoms with Gasteiger partial charge < -0.3 is 14.4 Å². The van der Waals surface area contributed by atoms with E-state index >= 15 is 0 Å². The van der Waals surface area contributed by atoms with Crippen LogP contribution in [-0.4, -0.2) is 15.7 Å². The van der Waals surface area contributed by atoms with Crippen LogP contribution in [0, 0.1) is 0 Å². The first-order chi connectivity index (χ1) is 6.93. The Bertz CT molecular complexity index is 352. The first-order valence-electron chi connectivity index (χ1n) is 4.39. The third-order valence-electron chi connectivity index (χ3n) is 1.35. The molecular weight excluding hydrogens is 296 g/mol. The molecule has 0 radical (unpaired) electrons. The topological polar surface area (TPSA) is 58.1 Å². The van der Waals surface area contributed by atoms with Gasteiger partial charge in [-0.3, -0.25) is 0 Å². The maximum atomic E-state index is 9.26. The van der Waals surface area contributed by atoms with Crippen LogP contribution in [0.3, 0.4) is 0 Å². The molecule has 0 amide bonds. The molecule has 0 saturated carbocycles. The van der Waals surface area contributed by atoms with Crippen LogP contribution in [0.15, 0.2) is 30.3 Å². The molecule has 0 aromatic heterocycles. The maximum absolute atomic E-state index is 9.26. The van der Waals surface area contributed by atoms with Gasteiger partial charge in [-0.2, -0.15) is 0 Å². The zero-order chi connectivity index (χ0) is 11.7. The summed E-state index contributed by atoms with van der Waals surface area (Å²) in [5.74, 6) is 0. The molecule has 0 fully saturated rings. The molecule has 0 atom stereocenters. The number of hydrogen-bond donors (Lipinski definition) is 1. The second-order valence-corrected chi connectivity index (χ2v) is 6.78. The predicted octanol–water partition coefficient (Wildman–Crippen LogP) is -4.16. The molecule has 0 bridgehead atoms. The largest absolute Gasteiger partial charge is 1.00 e. The van der Waals surface area contributed by atoms with Crippen LogP contribution in [0.25, 0.3) is 0 Å². The minimum absolute atomic E-state index is 0. The first-order valence-corrected chi connectivity index (χ1v) is 7.72. The van der Waals surface area contributed by atoms with Gasteiger partial charge in [-0.1, -0.05) is 47.5 Å². The van der Waals surface area contributed by atoms with E-state index in [-0.39, 0.29) is 59.1 Å². The maximum Gasteiger partial charge on any atom is 1.00 e. The van der Waals surface area contributed by atoms with Crippen LogP contribution < -0.4 is 64.4 Å². The molecule has 0 saturated heterocycles. The van der Waals surface area contributed by atoms with Crippen molar-refractivity contribution in [2.24, 2.45) is 0 Å². The van der Waals surface area contributed by atoms with Crippen LogP contribution in [0.2, 0.25) is 0 Å². The Labute approximate surface area is 157 Å². The zero-order valence-electron chi connectivity index (χ0n) is 10.3. The standard InChI is InChI=1S/C9H13N.2Na.H2O2S3/c1-2-8-10-9-6-4-3-5-7-9;;;1-5(2,3)4/h3-7,10H,2,8H2,1H3;;;(H2,1,2,3,4)/q;2*+1;/p-2. The Hall–Kier alpha value is 1.73. The van der Waals surface area contributed by atoms with E-state index in [0.717, 1.165) is 6.54 Å². The molecule has 0 aliphatic carbocycles. The zero-order valence-corrected chi connectivity index (χ0v) is 16.8. The van der Waals surface area contributed by atoms with Gasteiger partial charge in [-0.15, -0.1) is 0 Å². The number of nitrogens with one attached hydrogen (secondary N) is 1. The quantitative estimate of drug-likeness (QED) is 0.575. The van der Waals surface area contributed by atoms with Gasteiger partial charge in [0.15, 0.2) is 0 Å². The van der Waals surface area contributed by atoms with E-state index in [1.165, 1.54) is 12.1 Å². The van der Waals surface area contributed by atoms with Crippen LogP contribution >= 0.6 is 0 Å². The van der Waals surface area contributed by atoms with Crippen molar-refractivity contribution >= 4 is 35.8 Å². The number of para-hydroxylation sites is 1. The van der Waals surface area contributed by atoms with Crippen LogP contribution in [-0.2, 0) is 30.1 Å². The molecule has 0 heterocycles. The molecule has 3 nitrogen and oxygen atoms in total. The number of anilines is 1. The smallest absolute Gasteiger partial charge is 0.801 e. The fraction of sp³-hybridized carbons (Fsp3) is 0.333. The van der Waals surface area contributed by atoms with E-state index in [2.05, 4.69) is 46.7 Å². The Morgan fingerprint density at radius 2 is 1.53 bits per heavy atom. The molecule has 17 heavy (non-hydrogen) atoms. The van der Waals surface area contributed by atoms with Crippen LogP contribution in [0.4, 0.5) is 5.69 Å². The summed E-state index contributed by atoms with van der Waals surface area (Å²) < 4.78 is 18.5. The van der Waals surface area contributed by atoms with Gasteiger partial charge in [0.05, 0.1) is 0 Å². The van der Waals surface area contributed by atoms with E-state index < -0.39 is 7.71 Å². The van der Waals surface area contributed by atoms with E-state index in [9.17, 15) is 9.11 Å². The molecule has 1 rings (SSSR count). The van der Waals surface area contributed by atoms with Crippen molar-refractivity contribution in [3.63, 3.8) is 0 Å². The Kier molecular flexibility index (Phi) is 19.8. The summed E-state index contributed by atoms with van der Waals surface area (Å²) in [7, 11) is -3.50. The molecule has 86 valence electrons. The van der Waals surface area contributed by atoms with Crippen molar-refractivity contribution in [1.29, 1.82) is 0 Å². The fourth-order valence-electron chi connectivity index (χ4n) is 0.825. The summed E-state index contributed by atoms with van der Waals surface area (Å²) >= 11 is 7.23. The van der Waals surface area contributed by atoms with Crippen LogP contribution in [0.1, 0.15) is 13.3 Å². The average molecular weight is 309 g/mol. The summed E-state index contributed by atoms with van der Waals surface area (Å²) in [6, 6.07) is 10.3. The van der Waals surface area contributed by atoms with Crippen molar-refractivity contribution in [1.82, 2.24) is 0 Å². The second-order valence-electron chi connectivity index (χ2n) is 2.70. The molecule has 1 N–H and O–H groups in total. The Morgan fingerprint density at radius 3 is 1.88 bits per heavy atom. The summed E-state index contributed by atoms with van der Waals surface area (Å²) in [5, 5.41) is 3.29. The third kappa shape index (κ3) is 23.3. The molecule has 1 aromatic carbocycles. The van der Waals surface area contributed by atoms with E-state index in [4.69, 9.17) is 0 Å². The van der Waals surface area contributed by atoms with Crippen molar-refractivity contribution in [2.75, 3.05) is 11.9 Å². The molecular formula is C9H13NNa2O2S3. The van der Waals surface area contributed by atoms with Crippen molar-refractivity contribution < 1.29 is 68.2 Å². The monoisotopic (exact) mass is 309 g/mol. The third-order valence-corrected chi connectivity index (χ3v) is 1.35. The molecule has 0 aliphatic rings. The van der Waals surface area contributed by atoms with E-state index in [0.29, 0.717) is 0 Å². The summed E-state index contributed by atoms with van der Waals surface area (Å²) in [5.41, 5.74) is 1.21. The number of benzene rings is 1. The Morgan fingerprint density at radius 1 is 1.12 bits per heavy atom. The van der Waals surface area contributed by atoms with Gasteiger partial charge >= 0.3 is 59.1 Å². The van der Waals surface area contributed by atoms with Crippen molar-refractivity contribution in [3.05, 3.63) is 30.3 Å². The SMILES string of the molecule is CCCNc1ccccc1.[Na+].[Na+].[O-]S([O-])(=S)=S. The average Bonchev–Trinajstić information content (AvgIpc) is 2.14. The van der Waals surface area contributed by atoms with Crippen molar-refractivity contribution in [3.8, 4) is 0 Å². The van der Waals surface area contributed by atoms with Gasteiger partial charge in [0.25, 0.3) is 0 Å². The molecule has 0 unspecified atom stereocenters. The summed E-state index contributed by atoms with van der Waals surface area (Å²) in [6.07, 6.45) is 1.18. The molecule has 0 aliphatic heterocycles. The predicted molar refractivity (Wildman–Crippen MR) is 68.9 cm³/mol. The normalized spacial score (nSPS) is 8.88. The second kappa shape index (κ2) is 14.1. The number of hydrogen-bond acceptors (Lipinski definition) is 5. The summed E-state index contributed by atoms with van der Waals surface area (Å²) in [4.78, 5) is 0. The van der Waals surface area contributed by atoms with Crippen molar-refractivity contribution in [2.45, 2.75) is 13.3 Å². The van der Waals surface area contributed by atoms with Gasteiger partial charge in [0.1, 0.15) is 0 Å². The number of rotatable bonds is 3. The molecule has 0 spiro atoms. The minimum atomic E-state index is -3.50. The van der Waals surface area contributed by atoms with Gasteiger partial charge in [0, 0.05) is 12.2 Å². The Balaban J connectivity index is -0.000000247. The first kappa shape index (κ1) is 23.8. The van der Waals surface area contributed by atoms with E-state index in [1.807, 2.05) is 18.2 Å². The molecule has 1 aromatic rings. The summed E-state index contributed by atoms with van der Waals surface area (Å²) in [6.45, 7) is 3.22. The minimum Gasteiger partial charge on any atom is -0.801 e. The van der Waals surface area contributed by atoms with Crippen LogP contribution in [0.5, 0.6) is 0 Å².